The van der Waals surface area contributed by atoms with Crippen molar-refractivity contribution in [2.24, 2.45) is 5.73 Å². The van der Waals surface area contributed by atoms with Crippen LogP contribution in [-0.4, -0.2) is 44.8 Å². The summed E-state index contributed by atoms with van der Waals surface area (Å²) in [6.07, 6.45) is 1.12. The third-order valence-corrected chi connectivity index (χ3v) is 1.94. The van der Waals surface area contributed by atoms with Gasteiger partial charge in [0, 0.05) is 26.2 Å². The van der Waals surface area contributed by atoms with Gasteiger partial charge >= 0.3 is 0 Å². The Balaban J connectivity index is 3.61. The molecule has 11 heavy (non-hydrogen) atoms. The molecule has 0 heterocycles. The van der Waals surface area contributed by atoms with Crippen molar-refractivity contribution in [1.29, 1.82) is 0 Å². The number of hydrogen-bond donors (Lipinski definition) is 1. The number of nitrogens with two attached hydrogens (primary N) is 1. The van der Waals surface area contributed by atoms with E-state index in [0.717, 1.165) is 26.1 Å². The first-order chi connectivity index (χ1) is 5.26. The number of ether oxygens (including phenoxy) is 1. The normalized spacial score (nSPS) is 13.9. The molecule has 0 aromatic carbocycles. The highest BCUT2D eigenvalue weighted by Gasteiger charge is 2.10. The summed E-state index contributed by atoms with van der Waals surface area (Å²) in [6, 6.07) is 0.517. The van der Waals surface area contributed by atoms with E-state index in [1.165, 1.54) is 0 Å². The van der Waals surface area contributed by atoms with Gasteiger partial charge in [0.1, 0.15) is 0 Å². The lowest BCUT2D eigenvalue weighted by Crippen LogP contribution is -2.38. The summed E-state index contributed by atoms with van der Waals surface area (Å²) in [6.45, 7) is 4.63. The van der Waals surface area contributed by atoms with Gasteiger partial charge in [0.05, 0.1) is 6.61 Å². The molecule has 0 radical (unpaired) electrons. The molecule has 0 bridgehead atoms. The maximum atomic E-state index is 5.44. The van der Waals surface area contributed by atoms with Crippen LogP contribution in [0.1, 0.15) is 13.3 Å². The Morgan fingerprint density at radius 1 is 1.55 bits per heavy atom. The van der Waals surface area contributed by atoms with Crippen LogP contribution in [0.25, 0.3) is 0 Å². The highest BCUT2D eigenvalue weighted by Crippen LogP contribution is 2.00. The molecule has 0 aliphatic heterocycles. The van der Waals surface area contributed by atoms with Gasteiger partial charge in [0.2, 0.25) is 0 Å². The first-order valence-corrected chi connectivity index (χ1v) is 4.15. The van der Waals surface area contributed by atoms with Crippen LogP contribution in [-0.2, 0) is 4.74 Å². The molecule has 0 aliphatic rings. The molecular weight excluding hydrogens is 140 g/mol. The van der Waals surface area contributed by atoms with E-state index in [1.807, 2.05) is 0 Å². The predicted octanol–water partition coefficient (Wildman–Crippen LogP) is 0.302. The van der Waals surface area contributed by atoms with Crippen LogP contribution in [0.5, 0.6) is 0 Å². The maximum absolute atomic E-state index is 5.44. The molecule has 2 N–H and O–H groups in total. The first-order valence-electron chi connectivity index (χ1n) is 4.15. The van der Waals surface area contributed by atoms with Crippen LogP contribution in [0.4, 0.5) is 0 Å². The quantitative estimate of drug-likeness (QED) is 0.607. The molecular formula is C8H20N2O. The summed E-state index contributed by atoms with van der Waals surface area (Å²) in [5, 5.41) is 0. The van der Waals surface area contributed by atoms with Gasteiger partial charge < -0.3 is 10.5 Å². The molecule has 68 valence electrons. The van der Waals surface area contributed by atoms with Gasteiger partial charge in [-0.25, -0.2) is 0 Å². The summed E-state index contributed by atoms with van der Waals surface area (Å²) < 4.78 is 5.08. The Bertz CT molecular complexity index is 88.2. The van der Waals surface area contributed by atoms with Crippen LogP contribution in [0, 0.1) is 0 Å². The number of nitrogens with zero attached hydrogens (tertiary/aromatic N) is 1. The third kappa shape index (κ3) is 4.35. The average molecular weight is 160 g/mol. The topological polar surface area (TPSA) is 38.5 Å². The van der Waals surface area contributed by atoms with Gasteiger partial charge in [-0.3, -0.25) is 4.90 Å². The molecule has 0 spiro atoms. The second-order valence-electron chi connectivity index (χ2n) is 2.79. The van der Waals surface area contributed by atoms with Crippen LogP contribution in [0.15, 0.2) is 0 Å². The molecule has 1 atom stereocenters. The first kappa shape index (κ1) is 10.9. The molecule has 0 aliphatic carbocycles. The van der Waals surface area contributed by atoms with Crippen molar-refractivity contribution in [3.63, 3.8) is 0 Å². The number of likely N-dealkylation sites (N-methyl/N-ethyl adjacent to an activating group) is 1. The van der Waals surface area contributed by atoms with E-state index < -0.39 is 0 Å². The SMILES string of the molecule is CCC(COC)N(C)CCN. The van der Waals surface area contributed by atoms with Crippen molar-refractivity contribution in [2.75, 3.05) is 33.9 Å². The van der Waals surface area contributed by atoms with Crippen LogP contribution >= 0.6 is 0 Å². The Morgan fingerprint density at radius 2 is 2.18 bits per heavy atom. The minimum absolute atomic E-state index is 0.517. The molecule has 0 rings (SSSR count). The number of methoxy groups -OCH3 is 1. The molecule has 0 amide bonds. The molecule has 3 nitrogen and oxygen atoms in total. The predicted molar refractivity (Wildman–Crippen MR) is 47.6 cm³/mol. The standard InChI is InChI=1S/C8H20N2O/c1-4-8(7-11-3)10(2)6-5-9/h8H,4-7,9H2,1-3H3. The fraction of sp³-hybridized carbons (Fsp3) is 1.00. The van der Waals surface area contributed by atoms with Gasteiger partial charge in [-0.1, -0.05) is 6.92 Å². The van der Waals surface area contributed by atoms with E-state index >= 15 is 0 Å². The van der Waals surface area contributed by atoms with E-state index in [-0.39, 0.29) is 0 Å². The van der Waals surface area contributed by atoms with E-state index in [4.69, 9.17) is 10.5 Å². The Morgan fingerprint density at radius 3 is 2.55 bits per heavy atom. The summed E-state index contributed by atoms with van der Waals surface area (Å²) in [4.78, 5) is 2.24. The zero-order valence-corrected chi connectivity index (χ0v) is 7.84. The smallest absolute Gasteiger partial charge is 0.0617 e. The Hall–Kier alpha value is -0.120. The zero-order chi connectivity index (χ0) is 8.69. The lowest BCUT2D eigenvalue weighted by Gasteiger charge is -2.25. The van der Waals surface area contributed by atoms with Crippen molar-refractivity contribution >= 4 is 0 Å². The lowest BCUT2D eigenvalue weighted by atomic mass is 10.2. The second-order valence-corrected chi connectivity index (χ2v) is 2.79. The van der Waals surface area contributed by atoms with E-state index in [9.17, 15) is 0 Å². The van der Waals surface area contributed by atoms with Gasteiger partial charge in [-0.2, -0.15) is 0 Å². The Labute approximate surface area is 69.5 Å². The van der Waals surface area contributed by atoms with Crippen molar-refractivity contribution in [3.05, 3.63) is 0 Å². The van der Waals surface area contributed by atoms with Crippen LogP contribution in [0.3, 0.4) is 0 Å². The summed E-state index contributed by atoms with van der Waals surface area (Å²) in [5.74, 6) is 0. The zero-order valence-electron chi connectivity index (χ0n) is 7.84. The molecule has 0 saturated carbocycles. The number of hydrogen-bond acceptors (Lipinski definition) is 3. The second kappa shape index (κ2) is 6.58. The minimum atomic E-state index is 0.517. The molecule has 0 aromatic heterocycles. The van der Waals surface area contributed by atoms with Crippen molar-refractivity contribution in [3.8, 4) is 0 Å². The van der Waals surface area contributed by atoms with E-state index in [0.29, 0.717) is 6.04 Å². The van der Waals surface area contributed by atoms with Gasteiger partial charge in [-0.05, 0) is 13.5 Å². The van der Waals surface area contributed by atoms with Gasteiger partial charge in [-0.15, -0.1) is 0 Å². The van der Waals surface area contributed by atoms with Crippen molar-refractivity contribution < 1.29 is 4.74 Å². The van der Waals surface area contributed by atoms with Crippen molar-refractivity contribution in [1.82, 2.24) is 4.90 Å². The van der Waals surface area contributed by atoms with Crippen molar-refractivity contribution in [2.45, 2.75) is 19.4 Å². The molecule has 0 aromatic rings. The average Bonchev–Trinajstić information content (AvgIpc) is 2.00. The fourth-order valence-electron chi connectivity index (χ4n) is 1.14. The lowest BCUT2D eigenvalue weighted by molar-refractivity contribution is 0.106. The van der Waals surface area contributed by atoms with Gasteiger partial charge in [0.25, 0.3) is 0 Å². The summed E-state index contributed by atoms with van der Waals surface area (Å²) in [7, 11) is 3.82. The number of rotatable bonds is 6. The molecule has 3 heteroatoms. The van der Waals surface area contributed by atoms with E-state index in [1.54, 1.807) is 7.11 Å². The van der Waals surface area contributed by atoms with Gasteiger partial charge in [0.15, 0.2) is 0 Å². The molecule has 0 saturated heterocycles. The Kier molecular flexibility index (Phi) is 6.51. The summed E-state index contributed by atoms with van der Waals surface area (Å²) in [5.41, 5.74) is 5.44. The third-order valence-electron chi connectivity index (χ3n) is 1.94. The monoisotopic (exact) mass is 160 g/mol. The minimum Gasteiger partial charge on any atom is -0.383 e. The highest BCUT2D eigenvalue weighted by molar-refractivity contribution is 4.65. The molecule has 0 fully saturated rings. The van der Waals surface area contributed by atoms with Crippen LogP contribution in [0.2, 0.25) is 0 Å². The van der Waals surface area contributed by atoms with Crippen LogP contribution < -0.4 is 5.73 Å². The molecule has 1 unspecified atom stereocenters. The summed E-state index contributed by atoms with van der Waals surface area (Å²) >= 11 is 0. The van der Waals surface area contributed by atoms with E-state index in [2.05, 4.69) is 18.9 Å². The maximum Gasteiger partial charge on any atom is 0.0617 e. The largest absolute Gasteiger partial charge is 0.383 e. The fourth-order valence-corrected chi connectivity index (χ4v) is 1.14. The highest BCUT2D eigenvalue weighted by atomic mass is 16.5.